The maximum absolute atomic E-state index is 14.5. The second kappa shape index (κ2) is 6.77. The predicted molar refractivity (Wildman–Crippen MR) is 104 cm³/mol. The zero-order chi connectivity index (χ0) is 20.3. The first-order valence-corrected chi connectivity index (χ1v) is 10.8. The number of piperidine rings is 2. The fraction of sp³-hybridized carbons (Fsp3) is 0.762. The molecule has 0 amide bonds. The van der Waals surface area contributed by atoms with E-state index in [0.29, 0.717) is 60.6 Å². The van der Waals surface area contributed by atoms with Crippen LogP contribution in [0.3, 0.4) is 0 Å². The number of rotatable bonds is 5. The molecule has 1 saturated carbocycles. The molecule has 6 nitrogen and oxygen atoms in total. The van der Waals surface area contributed by atoms with Crippen LogP contribution in [0.4, 0.5) is 20.5 Å². The van der Waals surface area contributed by atoms with Crippen LogP contribution < -0.4 is 9.80 Å². The van der Waals surface area contributed by atoms with Crippen LogP contribution in [0, 0.1) is 17.8 Å². The number of ether oxygens (including phenoxy) is 1. The van der Waals surface area contributed by atoms with E-state index in [9.17, 15) is 13.6 Å². The van der Waals surface area contributed by atoms with Crippen LogP contribution in [0.15, 0.2) is 0 Å². The Labute approximate surface area is 169 Å². The molecule has 5 aliphatic rings. The summed E-state index contributed by atoms with van der Waals surface area (Å²) in [5.41, 5.74) is 0.550. The van der Waals surface area contributed by atoms with Crippen molar-refractivity contribution >= 4 is 17.7 Å². The minimum Gasteiger partial charge on any atom is -0.466 e. The summed E-state index contributed by atoms with van der Waals surface area (Å²) in [5.74, 6) is -0.712. The molecule has 0 aromatic carbocycles. The number of carbonyl (C=O) groups excluding carboxylic acids is 1. The molecule has 1 aromatic rings. The summed E-state index contributed by atoms with van der Waals surface area (Å²) >= 11 is 0. The minimum atomic E-state index is -2.87. The van der Waals surface area contributed by atoms with Gasteiger partial charge in [-0.3, -0.25) is 4.79 Å². The van der Waals surface area contributed by atoms with E-state index in [-0.39, 0.29) is 18.1 Å². The smallest absolute Gasteiger partial charge is 0.306 e. The Morgan fingerprint density at radius 2 is 2.03 bits per heavy atom. The van der Waals surface area contributed by atoms with Crippen LogP contribution >= 0.6 is 0 Å². The maximum Gasteiger partial charge on any atom is 0.306 e. The number of hydrogen-bond acceptors (Lipinski definition) is 6. The zero-order valence-corrected chi connectivity index (χ0v) is 17.0. The Hall–Kier alpha value is -1.99. The molecule has 8 heteroatoms. The van der Waals surface area contributed by atoms with Crippen molar-refractivity contribution < 1.29 is 18.3 Å². The average Bonchev–Trinajstić information content (AvgIpc) is 2.99. The number of nitrogens with zero attached hydrogens (tertiary/aromatic N) is 4. The number of fused-ring (bicyclic) bond motifs is 3. The van der Waals surface area contributed by atoms with E-state index in [1.807, 2.05) is 11.8 Å². The third-order valence-corrected chi connectivity index (χ3v) is 7.32. The van der Waals surface area contributed by atoms with Gasteiger partial charge < -0.3 is 14.5 Å². The van der Waals surface area contributed by atoms with Crippen molar-refractivity contribution in [3.05, 3.63) is 11.3 Å². The van der Waals surface area contributed by atoms with Crippen molar-refractivity contribution in [2.75, 3.05) is 36.0 Å². The van der Waals surface area contributed by atoms with Crippen molar-refractivity contribution in [1.29, 1.82) is 0 Å². The Morgan fingerprint density at radius 1 is 1.28 bits per heavy atom. The Bertz CT molecular complexity index is 821. The number of hydrogen-bond donors (Lipinski definition) is 0. The van der Waals surface area contributed by atoms with Gasteiger partial charge in [-0.2, -0.15) is 13.8 Å². The highest BCUT2D eigenvalue weighted by atomic mass is 19.3. The third kappa shape index (κ3) is 3.06. The fourth-order valence-electron chi connectivity index (χ4n) is 5.50. The zero-order valence-electron chi connectivity index (χ0n) is 17.0. The second-order valence-electron chi connectivity index (χ2n) is 9.04. The van der Waals surface area contributed by atoms with E-state index < -0.39 is 5.92 Å². The van der Waals surface area contributed by atoms with Crippen molar-refractivity contribution in [2.45, 2.75) is 57.9 Å². The van der Waals surface area contributed by atoms with Gasteiger partial charge in [-0.05, 0) is 50.9 Å². The minimum absolute atomic E-state index is 0.0704. The molecule has 4 heterocycles. The summed E-state index contributed by atoms with van der Waals surface area (Å²) < 4.78 is 34.2. The first kappa shape index (κ1) is 19.0. The average molecular weight is 406 g/mol. The highest BCUT2D eigenvalue weighted by molar-refractivity contribution is 5.70. The van der Waals surface area contributed by atoms with Gasteiger partial charge in [-0.25, -0.2) is 4.98 Å². The molecule has 2 unspecified atom stereocenters. The molecule has 2 bridgehead atoms. The predicted octanol–water partition coefficient (Wildman–Crippen LogP) is 3.14. The lowest BCUT2D eigenvalue weighted by molar-refractivity contribution is -0.147. The highest BCUT2D eigenvalue weighted by Crippen LogP contribution is 2.50. The number of halogens is 2. The normalized spacial score (nSPS) is 31.7. The van der Waals surface area contributed by atoms with Gasteiger partial charge in [-0.1, -0.05) is 0 Å². The lowest BCUT2D eigenvalue weighted by Crippen LogP contribution is -2.56. The number of carbonyl (C=O) groups is 1. The summed E-state index contributed by atoms with van der Waals surface area (Å²) in [6.45, 7) is 6.66. The standard InChI is InChI=1S/C21H28F2N4O2/c1-3-29-17(28)9-16-13-8-14(16)11-26(10-13)19-15-4-6-21(22,23)18(15)24-20(25-19)27-7-5-12(27)2/h12-14,16H,3-11H2,1-2H3/t12-,13?,14?,16?/m0/s1. The molecule has 1 aromatic heterocycles. The van der Waals surface area contributed by atoms with E-state index in [1.165, 1.54) is 0 Å². The third-order valence-electron chi connectivity index (χ3n) is 7.32. The molecule has 0 spiro atoms. The molecule has 4 fully saturated rings. The quantitative estimate of drug-likeness (QED) is 0.701. The molecule has 29 heavy (non-hydrogen) atoms. The molecule has 158 valence electrons. The van der Waals surface area contributed by atoms with E-state index in [1.54, 1.807) is 0 Å². The molecular weight excluding hydrogens is 378 g/mol. The largest absolute Gasteiger partial charge is 0.466 e. The summed E-state index contributed by atoms with van der Waals surface area (Å²) in [5, 5.41) is 0. The van der Waals surface area contributed by atoms with E-state index in [2.05, 4.69) is 16.8 Å². The van der Waals surface area contributed by atoms with Gasteiger partial charge in [0.05, 0.1) is 6.61 Å². The Kier molecular flexibility index (Phi) is 4.44. The number of esters is 1. The first-order chi connectivity index (χ1) is 13.9. The molecule has 3 saturated heterocycles. The molecule has 3 aliphatic heterocycles. The van der Waals surface area contributed by atoms with Crippen molar-refractivity contribution in [1.82, 2.24) is 9.97 Å². The summed E-state index contributed by atoms with van der Waals surface area (Å²) in [6, 6.07) is 0.291. The molecule has 6 rings (SSSR count). The molecule has 0 N–H and O–H groups in total. The van der Waals surface area contributed by atoms with Crippen LogP contribution in [0.2, 0.25) is 0 Å². The molecule has 3 atom stereocenters. The lowest BCUT2D eigenvalue weighted by Gasteiger charge is -2.54. The number of anilines is 2. The van der Waals surface area contributed by atoms with Gasteiger partial charge in [0.25, 0.3) is 5.92 Å². The van der Waals surface area contributed by atoms with Gasteiger partial charge >= 0.3 is 5.97 Å². The SMILES string of the molecule is CCOC(=O)CC1C2CC1CN(c1nc(N3CC[C@@H]3C)nc3c1CCC3(F)F)C2. The van der Waals surface area contributed by atoms with E-state index in [0.717, 1.165) is 32.5 Å². The van der Waals surface area contributed by atoms with Crippen molar-refractivity contribution in [3.8, 4) is 0 Å². The number of aromatic nitrogens is 2. The molecular formula is C21H28F2N4O2. The van der Waals surface area contributed by atoms with Gasteiger partial charge in [0.15, 0.2) is 0 Å². The Balaban J connectivity index is 1.40. The summed E-state index contributed by atoms with van der Waals surface area (Å²) in [6.07, 6.45) is 2.74. The van der Waals surface area contributed by atoms with Gasteiger partial charge in [0, 0.05) is 44.1 Å². The second-order valence-corrected chi connectivity index (χ2v) is 9.04. The van der Waals surface area contributed by atoms with Gasteiger partial charge in [0.2, 0.25) is 5.95 Å². The lowest BCUT2D eigenvalue weighted by atomic mass is 9.60. The fourth-order valence-corrected chi connectivity index (χ4v) is 5.50. The summed E-state index contributed by atoms with van der Waals surface area (Å²) in [7, 11) is 0. The van der Waals surface area contributed by atoms with Crippen LogP contribution in [0.5, 0.6) is 0 Å². The van der Waals surface area contributed by atoms with Crippen LogP contribution in [-0.4, -0.2) is 48.2 Å². The van der Waals surface area contributed by atoms with Gasteiger partial charge in [0.1, 0.15) is 11.5 Å². The van der Waals surface area contributed by atoms with Gasteiger partial charge in [-0.15, -0.1) is 0 Å². The first-order valence-electron chi connectivity index (χ1n) is 10.8. The number of alkyl halides is 2. The monoisotopic (exact) mass is 406 g/mol. The van der Waals surface area contributed by atoms with Crippen LogP contribution in [-0.2, 0) is 21.9 Å². The van der Waals surface area contributed by atoms with Crippen LogP contribution in [0.25, 0.3) is 0 Å². The Morgan fingerprint density at radius 3 is 2.66 bits per heavy atom. The van der Waals surface area contributed by atoms with Crippen molar-refractivity contribution in [2.24, 2.45) is 17.8 Å². The molecule has 0 radical (unpaired) electrons. The topological polar surface area (TPSA) is 58.6 Å². The van der Waals surface area contributed by atoms with Crippen molar-refractivity contribution in [3.63, 3.8) is 0 Å². The van der Waals surface area contributed by atoms with Crippen LogP contribution in [0.1, 0.15) is 50.8 Å². The summed E-state index contributed by atoms with van der Waals surface area (Å²) in [4.78, 5) is 25.2. The van der Waals surface area contributed by atoms with E-state index in [4.69, 9.17) is 9.72 Å². The maximum atomic E-state index is 14.5. The molecule has 2 aliphatic carbocycles. The highest BCUT2D eigenvalue weighted by Gasteiger charge is 2.50. The van der Waals surface area contributed by atoms with E-state index >= 15 is 0 Å².